The fourth-order valence-corrected chi connectivity index (χ4v) is 1.80. The van der Waals surface area contributed by atoms with Crippen molar-refractivity contribution in [3.63, 3.8) is 0 Å². The molecule has 0 fully saturated rings. The predicted molar refractivity (Wildman–Crippen MR) is 74.6 cm³/mol. The summed E-state index contributed by atoms with van der Waals surface area (Å²) in [6.45, 7) is 8.24. The minimum atomic E-state index is 0.835. The maximum atomic E-state index is 5.01. The molecule has 1 aromatic rings. The van der Waals surface area contributed by atoms with Crippen LogP contribution in [0.5, 0.6) is 0 Å². The van der Waals surface area contributed by atoms with E-state index in [1.165, 1.54) is 5.56 Å². The Labute approximate surface area is 110 Å². The minimum Gasteiger partial charge on any atom is -0.385 e. The van der Waals surface area contributed by atoms with Crippen LogP contribution in [0.2, 0.25) is 0 Å². The van der Waals surface area contributed by atoms with Crippen LogP contribution in [0, 0.1) is 0 Å². The van der Waals surface area contributed by atoms with Gasteiger partial charge in [-0.15, -0.1) is 0 Å². The predicted octanol–water partition coefficient (Wildman–Crippen LogP) is 1.53. The van der Waals surface area contributed by atoms with Crippen molar-refractivity contribution < 1.29 is 4.74 Å². The molecule has 0 aromatic carbocycles. The molecule has 0 saturated carbocycles. The highest BCUT2D eigenvalue weighted by Crippen LogP contribution is 2.01. The molecule has 0 bridgehead atoms. The van der Waals surface area contributed by atoms with Crippen molar-refractivity contribution in [1.29, 1.82) is 0 Å². The van der Waals surface area contributed by atoms with E-state index in [9.17, 15) is 0 Å². The Kier molecular flexibility index (Phi) is 8.38. The molecule has 1 N–H and O–H groups in total. The van der Waals surface area contributed by atoms with E-state index in [0.717, 1.165) is 45.8 Å². The van der Waals surface area contributed by atoms with Gasteiger partial charge in [-0.1, -0.05) is 6.92 Å². The van der Waals surface area contributed by atoms with Crippen molar-refractivity contribution >= 4 is 0 Å². The van der Waals surface area contributed by atoms with Gasteiger partial charge in [-0.25, -0.2) is 0 Å². The maximum Gasteiger partial charge on any atom is 0.0474 e. The molecule has 1 rings (SSSR count). The number of rotatable bonds is 10. The van der Waals surface area contributed by atoms with Gasteiger partial charge in [-0.05, 0) is 37.2 Å². The van der Waals surface area contributed by atoms with Gasteiger partial charge in [0.25, 0.3) is 0 Å². The van der Waals surface area contributed by atoms with Crippen molar-refractivity contribution in [3.8, 4) is 0 Å². The SMILES string of the molecule is CCN(CCNCCCOC)Cc1ccncc1. The number of pyridine rings is 1. The fraction of sp³-hybridized carbons (Fsp3) is 0.643. The molecule has 0 saturated heterocycles. The summed E-state index contributed by atoms with van der Waals surface area (Å²) in [5, 5.41) is 3.44. The van der Waals surface area contributed by atoms with Crippen LogP contribution in [-0.2, 0) is 11.3 Å². The number of aromatic nitrogens is 1. The highest BCUT2D eigenvalue weighted by molar-refractivity contribution is 5.09. The van der Waals surface area contributed by atoms with E-state index in [2.05, 4.69) is 34.3 Å². The van der Waals surface area contributed by atoms with Crippen LogP contribution < -0.4 is 5.32 Å². The van der Waals surface area contributed by atoms with Gasteiger partial charge in [0.05, 0.1) is 0 Å². The van der Waals surface area contributed by atoms with Crippen LogP contribution in [0.1, 0.15) is 18.9 Å². The smallest absolute Gasteiger partial charge is 0.0474 e. The Morgan fingerprint density at radius 3 is 2.72 bits per heavy atom. The van der Waals surface area contributed by atoms with Gasteiger partial charge in [0.2, 0.25) is 0 Å². The van der Waals surface area contributed by atoms with Crippen molar-refractivity contribution in [1.82, 2.24) is 15.2 Å². The second kappa shape index (κ2) is 10.00. The summed E-state index contributed by atoms with van der Waals surface area (Å²) < 4.78 is 5.01. The lowest BCUT2D eigenvalue weighted by Crippen LogP contribution is -2.32. The third-order valence-corrected chi connectivity index (χ3v) is 2.91. The Balaban J connectivity index is 2.14. The van der Waals surface area contributed by atoms with Gasteiger partial charge < -0.3 is 10.1 Å². The molecular formula is C14H25N3O. The van der Waals surface area contributed by atoms with Crippen molar-refractivity contribution in [2.24, 2.45) is 0 Å². The zero-order valence-electron chi connectivity index (χ0n) is 11.6. The van der Waals surface area contributed by atoms with E-state index >= 15 is 0 Å². The lowest BCUT2D eigenvalue weighted by molar-refractivity contribution is 0.193. The Hall–Kier alpha value is -0.970. The van der Waals surface area contributed by atoms with Crippen LogP contribution in [-0.4, -0.2) is 49.8 Å². The second-order valence-electron chi connectivity index (χ2n) is 4.32. The fourth-order valence-electron chi connectivity index (χ4n) is 1.80. The first-order valence-electron chi connectivity index (χ1n) is 6.67. The summed E-state index contributed by atoms with van der Waals surface area (Å²) in [5.41, 5.74) is 1.33. The maximum absolute atomic E-state index is 5.01. The molecular weight excluding hydrogens is 226 g/mol. The topological polar surface area (TPSA) is 37.4 Å². The van der Waals surface area contributed by atoms with Gasteiger partial charge in [0, 0.05) is 45.7 Å². The summed E-state index contributed by atoms with van der Waals surface area (Å²) in [4.78, 5) is 6.47. The summed E-state index contributed by atoms with van der Waals surface area (Å²) in [6.07, 6.45) is 4.78. The molecule has 0 spiro atoms. The van der Waals surface area contributed by atoms with Crippen LogP contribution >= 0.6 is 0 Å². The molecule has 102 valence electrons. The Morgan fingerprint density at radius 2 is 2.06 bits per heavy atom. The number of hydrogen-bond acceptors (Lipinski definition) is 4. The molecule has 0 atom stereocenters. The number of likely N-dealkylation sites (N-methyl/N-ethyl adjacent to an activating group) is 1. The minimum absolute atomic E-state index is 0.835. The van der Waals surface area contributed by atoms with Crippen molar-refractivity contribution in [3.05, 3.63) is 30.1 Å². The summed E-state index contributed by atoms with van der Waals surface area (Å²) in [6, 6.07) is 4.16. The first-order chi connectivity index (χ1) is 8.86. The zero-order chi connectivity index (χ0) is 13.1. The average Bonchev–Trinajstić information content (AvgIpc) is 2.42. The molecule has 4 heteroatoms. The van der Waals surface area contributed by atoms with Crippen LogP contribution in [0.4, 0.5) is 0 Å². The molecule has 0 amide bonds. The standard InChI is InChI=1S/C14H25N3O/c1-3-17(11-10-15-7-4-12-18-2)13-14-5-8-16-9-6-14/h5-6,8-9,15H,3-4,7,10-13H2,1-2H3. The molecule has 4 nitrogen and oxygen atoms in total. The molecule has 0 aliphatic rings. The van der Waals surface area contributed by atoms with E-state index < -0.39 is 0 Å². The number of nitrogens with zero attached hydrogens (tertiary/aromatic N) is 2. The second-order valence-corrected chi connectivity index (χ2v) is 4.32. The van der Waals surface area contributed by atoms with Gasteiger partial charge in [-0.2, -0.15) is 0 Å². The van der Waals surface area contributed by atoms with Gasteiger partial charge in [0.15, 0.2) is 0 Å². The molecule has 0 radical (unpaired) electrons. The van der Waals surface area contributed by atoms with Gasteiger partial charge in [0.1, 0.15) is 0 Å². The van der Waals surface area contributed by atoms with Crippen molar-refractivity contribution in [2.75, 3.05) is 39.9 Å². The third kappa shape index (κ3) is 6.69. The summed E-state index contributed by atoms with van der Waals surface area (Å²) in [7, 11) is 1.74. The van der Waals surface area contributed by atoms with E-state index in [1.807, 2.05) is 12.4 Å². The first-order valence-corrected chi connectivity index (χ1v) is 6.67. The van der Waals surface area contributed by atoms with Gasteiger partial charge >= 0.3 is 0 Å². The van der Waals surface area contributed by atoms with Crippen molar-refractivity contribution in [2.45, 2.75) is 19.9 Å². The number of hydrogen-bond donors (Lipinski definition) is 1. The average molecular weight is 251 g/mol. The first kappa shape index (κ1) is 15.1. The summed E-state index contributed by atoms with van der Waals surface area (Å²) >= 11 is 0. The van der Waals surface area contributed by atoms with E-state index in [1.54, 1.807) is 7.11 Å². The van der Waals surface area contributed by atoms with Gasteiger partial charge in [-0.3, -0.25) is 9.88 Å². The highest BCUT2D eigenvalue weighted by atomic mass is 16.5. The molecule has 18 heavy (non-hydrogen) atoms. The number of methoxy groups -OCH3 is 1. The largest absolute Gasteiger partial charge is 0.385 e. The molecule has 1 aromatic heterocycles. The van der Waals surface area contributed by atoms with Crippen LogP contribution in [0.3, 0.4) is 0 Å². The van der Waals surface area contributed by atoms with E-state index in [4.69, 9.17) is 4.74 Å². The lowest BCUT2D eigenvalue weighted by Gasteiger charge is -2.20. The van der Waals surface area contributed by atoms with Crippen LogP contribution in [0.15, 0.2) is 24.5 Å². The molecule has 0 aliphatic carbocycles. The molecule has 1 heterocycles. The monoisotopic (exact) mass is 251 g/mol. The quantitative estimate of drug-likeness (QED) is 0.640. The highest BCUT2D eigenvalue weighted by Gasteiger charge is 2.02. The zero-order valence-corrected chi connectivity index (χ0v) is 11.6. The van der Waals surface area contributed by atoms with E-state index in [0.29, 0.717) is 0 Å². The molecule has 0 unspecified atom stereocenters. The molecule has 0 aliphatic heterocycles. The van der Waals surface area contributed by atoms with Crippen LogP contribution in [0.25, 0.3) is 0 Å². The normalized spacial score (nSPS) is 11.1. The number of ether oxygens (including phenoxy) is 1. The third-order valence-electron chi connectivity index (χ3n) is 2.91. The summed E-state index contributed by atoms with van der Waals surface area (Å²) in [5.74, 6) is 0. The Bertz CT molecular complexity index is 292. The Morgan fingerprint density at radius 1 is 1.28 bits per heavy atom. The lowest BCUT2D eigenvalue weighted by atomic mass is 10.2. The number of nitrogens with one attached hydrogen (secondary N) is 1. The van der Waals surface area contributed by atoms with E-state index in [-0.39, 0.29) is 0 Å².